The molecule has 31 heavy (non-hydrogen) atoms. The van der Waals surface area contributed by atoms with Gasteiger partial charge in [0.2, 0.25) is 5.89 Å². The number of aromatic nitrogens is 1. The van der Waals surface area contributed by atoms with Crippen molar-refractivity contribution in [3.63, 3.8) is 0 Å². The van der Waals surface area contributed by atoms with Crippen LogP contribution in [0.5, 0.6) is 5.75 Å². The van der Waals surface area contributed by atoms with Crippen LogP contribution < -0.4 is 4.74 Å². The smallest absolute Gasteiger partial charge is 0.298 e. The number of rotatable bonds is 7. The Morgan fingerprint density at radius 3 is 2.74 bits per heavy atom. The summed E-state index contributed by atoms with van der Waals surface area (Å²) in [6, 6.07) is 4.38. The molecule has 0 spiro atoms. The molecule has 0 unspecified atom stereocenters. The third-order valence-electron chi connectivity index (χ3n) is 4.50. The molecule has 1 aliphatic carbocycles. The van der Waals surface area contributed by atoms with Crippen LogP contribution in [0.4, 0.5) is 0 Å². The zero-order chi connectivity index (χ0) is 22.4. The van der Waals surface area contributed by atoms with Crippen LogP contribution in [-0.4, -0.2) is 37.3 Å². The Bertz CT molecular complexity index is 1210. The molecule has 3 rings (SSSR count). The molecule has 0 radical (unpaired) electrons. The number of aliphatic imine (C=N–C) groups is 1. The molecule has 0 saturated carbocycles. The number of hydrogen-bond donors (Lipinski definition) is 1. The number of benzene rings is 1. The lowest BCUT2D eigenvalue weighted by molar-refractivity contribution is 0.397. The first-order valence-electron chi connectivity index (χ1n) is 9.77. The van der Waals surface area contributed by atoms with E-state index in [1.165, 1.54) is 25.4 Å². The molecule has 2 aromatic rings. The maximum absolute atomic E-state index is 11.7. The van der Waals surface area contributed by atoms with Crippen molar-refractivity contribution in [2.45, 2.75) is 25.2 Å². The van der Waals surface area contributed by atoms with E-state index in [0.717, 1.165) is 23.3 Å². The third kappa shape index (κ3) is 5.10. The van der Waals surface area contributed by atoms with Gasteiger partial charge in [0, 0.05) is 23.3 Å². The normalized spacial score (nSPS) is 17.0. The van der Waals surface area contributed by atoms with Crippen LogP contribution in [0.25, 0.3) is 16.9 Å². The lowest BCUT2D eigenvalue weighted by atomic mass is 9.98. The second kappa shape index (κ2) is 9.72. The molecule has 8 heteroatoms. The fourth-order valence-corrected chi connectivity index (χ4v) is 3.76. The molecule has 0 saturated heterocycles. The second-order valence-corrected chi connectivity index (χ2v) is 8.07. The summed E-state index contributed by atoms with van der Waals surface area (Å²) in [6.07, 6.45) is 14.0. The minimum atomic E-state index is -4.47. The number of ether oxygens (including phenoxy) is 1. The van der Waals surface area contributed by atoms with Gasteiger partial charge >= 0.3 is 0 Å². The van der Waals surface area contributed by atoms with Crippen LogP contribution in [0.15, 0.2) is 80.7 Å². The van der Waals surface area contributed by atoms with Gasteiger partial charge in [-0.1, -0.05) is 37.3 Å². The molecule has 1 heterocycles. The van der Waals surface area contributed by atoms with Crippen LogP contribution in [-0.2, 0) is 10.1 Å². The molecular weight excluding hydrogens is 416 g/mol. The van der Waals surface area contributed by atoms with E-state index in [2.05, 4.69) is 16.9 Å². The quantitative estimate of drug-likeness (QED) is 0.614. The van der Waals surface area contributed by atoms with Crippen molar-refractivity contribution in [1.82, 2.24) is 4.98 Å². The Morgan fingerprint density at radius 1 is 1.29 bits per heavy atom. The second-order valence-electron chi connectivity index (χ2n) is 6.68. The van der Waals surface area contributed by atoms with Crippen molar-refractivity contribution in [3.05, 3.63) is 72.3 Å². The van der Waals surface area contributed by atoms with Crippen LogP contribution in [0, 0.1) is 0 Å². The molecule has 0 amide bonds. The highest BCUT2D eigenvalue weighted by molar-refractivity contribution is 7.86. The summed E-state index contributed by atoms with van der Waals surface area (Å²) in [5.41, 5.74) is 2.93. The topological polar surface area (TPSA) is 102 Å². The van der Waals surface area contributed by atoms with Gasteiger partial charge in [-0.05, 0) is 37.6 Å². The average Bonchev–Trinajstić information content (AvgIpc) is 3.25. The molecule has 0 aliphatic heterocycles. The summed E-state index contributed by atoms with van der Waals surface area (Å²) >= 11 is 0. The zero-order valence-electron chi connectivity index (χ0n) is 17.6. The first-order chi connectivity index (χ1) is 14.9. The minimum absolute atomic E-state index is 0.0404. The summed E-state index contributed by atoms with van der Waals surface area (Å²) in [4.78, 5) is 8.71. The zero-order valence-corrected chi connectivity index (χ0v) is 18.4. The van der Waals surface area contributed by atoms with E-state index in [4.69, 9.17) is 9.15 Å². The monoisotopic (exact) mass is 440 g/mol. The van der Waals surface area contributed by atoms with Crippen LogP contribution in [0.1, 0.15) is 26.2 Å². The van der Waals surface area contributed by atoms with Gasteiger partial charge in [-0.3, -0.25) is 9.55 Å². The van der Waals surface area contributed by atoms with E-state index in [1.54, 1.807) is 6.07 Å². The molecule has 0 fully saturated rings. The average molecular weight is 441 g/mol. The summed E-state index contributed by atoms with van der Waals surface area (Å²) in [5, 5.41) is 0. The fourth-order valence-electron chi connectivity index (χ4n) is 3.08. The SMILES string of the molecule is C/C=C\C(=C1\C=CC=CC1=NCCC)c1ncc(-c2ccc(OC)c(S(=O)(=O)O)c2)o1. The first-order valence-corrected chi connectivity index (χ1v) is 11.2. The summed E-state index contributed by atoms with van der Waals surface area (Å²) in [5.74, 6) is 0.766. The van der Waals surface area contributed by atoms with E-state index in [9.17, 15) is 13.0 Å². The molecule has 1 N–H and O–H groups in total. The number of methoxy groups -OCH3 is 1. The van der Waals surface area contributed by atoms with E-state index in [-0.39, 0.29) is 10.6 Å². The third-order valence-corrected chi connectivity index (χ3v) is 5.37. The van der Waals surface area contributed by atoms with Gasteiger partial charge in [-0.15, -0.1) is 0 Å². The highest BCUT2D eigenvalue weighted by Crippen LogP contribution is 2.32. The molecule has 1 aliphatic rings. The Labute approximate surface area is 181 Å². The summed E-state index contributed by atoms with van der Waals surface area (Å²) < 4.78 is 43.9. The largest absolute Gasteiger partial charge is 0.495 e. The van der Waals surface area contributed by atoms with Crippen molar-refractivity contribution < 1.29 is 22.1 Å². The van der Waals surface area contributed by atoms with Gasteiger partial charge in [0.25, 0.3) is 10.1 Å². The molecular formula is C23H24N2O5S. The Balaban J connectivity index is 2.10. The van der Waals surface area contributed by atoms with Crippen LogP contribution in [0.2, 0.25) is 0 Å². The van der Waals surface area contributed by atoms with Crippen molar-refractivity contribution in [1.29, 1.82) is 0 Å². The highest BCUT2D eigenvalue weighted by atomic mass is 32.2. The number of allylic oxidation sites excluding steroid dienone is 8. The first kappa shape index (κ1) is 22.5. The molecule has 1 aromatic carbocycles. The molecule has 0 bridgehead atoms. The fraction of sp³-hybridized carbons (Fsp3) is 0.217. The van der Waals surface area contributed by atoms with Crippen LogP contribution in [0.3, 0.4) is 0 Å². The maximum atomic E-state index is 11.7. The van der Waals surface area contributed by atoms with Crippen LogP contribution >= 0.6 is 0 Å². The lowest BCUT2D eigenvalue weighted by Crippen LogP contribution is -2.04. The highest BCUT2D eigenvalue weighted by Gasteiger charge is 2.20. The van der Waals surface area contributed by atoms with Gasteiger partial charge in [0.15, 0.2) is 5.76 Å². The molecule has 0 atom stereocenters. The van der Waals surface area contributed by atoms with Crippen molar-refractivity contribution in [3.8, 4) is 17.1 Å². The van der Waals surface area contributed by atoms with E-state index < -0.39 is 10.1 Å². The minimum Gasteiger partial charge on any atom is -0.495 e. The van der Waals surface area contributed by atoms with Gasteiger partial charge in [-0.25, -0.2) is 4.98 Å². The lowest BCUT2D eigenvalue weighted by Gasteiger charge is -2.10. The van der Waals surface area contributed by atoms with E-state index in [0.29, 0.717) is 23.8 Å². The summed E-state index contributed by atoms with van der Waals surface area (Å²) in [6.45, 7) is 4.68. The van der Waals surface area contributed by atoms with Gasteiger partial charge in [0.1, 0.15) is 10.6 Å². The molecule has 7 nitrogen and oxygen atoms in total. The van der Waals surface area contributed by atoms with Crippen molar-refractivity contribution >= 4 is 21.4 Å². The number of oxazole rings is 1. The van der Waals surface area contributed by atoms with Gasteiger partial charge in [0.05, 0.1) is 19.0 Å². The van der Waals surface area contributed by atoms with E-state index in [1.807, 2.05) is 43.4 Å². The standard InChI is InChI=1S/C23H24N2O5S/c1-4-8-18(17-9-6-7-10-19(17)24-13-5-2)23-25-15-21(30-23)16-11-12-20(29-3)22(14-16)31(26,27)28/h4,6-12,14-15H,5,13H2,1-3H3,(H,26,27,28)/b8-4-,18-17+,24-19?. The Hall–Kier alpha value is -3.23. The predicted octanol–water partition coefficient (Wildman–Crippen LogP) is 4.90. The van der Waals surface area contributed by atoms with Gasteiger partial charge in [-0.2, -0.15) is 8.42 Å². The van der Waals surface area contributed by atoms with E-state index >= 15 is 0 Å². The Kier molecular flexibility index (Phi) is 7.04. The van der Waals surface area contributed by atoms with Crippen molar-refractivity contribution in [2.75, 3.05) is 13.7 Å². The number of hydrogen-bond acceptors (Lipinski definition) is 6. The maximum Gasteiger partial charge on any atom is 0.298 e. The molecule has 1 aromatic heterocycles. The van der Waals surface area contributed by atoms with Gasteiger partial charge < -0.3 is 9.15 Å². The van der Waals surface area contributed by atoms with Crippen molar-refractivity contribution in [2.24, 2.45) is 4.99 Å². The Morgan fingerprint density at radius 2 is 2.06 bits per heavy atom. The summed E-state index contributed by atoms with van der Waals surface area (Å²) in [7, 11) is -3.14. The number of nitrogens with zero attached hydrogens (tertiary/aromatic N) is 2. The predicted molar refractivity (Wildman–Crippen MR) is 121 cm³/mol. The molecule has 162 valence electrons.